The summed E-state index contributed by atoms with van der Waals surface area (Å²) >= 11 is 0. The molecule has 0 spiro atoms. The first-order valence-electron chi connectivity index (χ1n) is 10.2. The van der Waals surface area contributed by atoms with Crippen molar-refractivity contribution in [3.05, 3.63) is 95.7 Å². The number of hydrogen-bond acceptors (Lipinski definition) is 5. The number of nitrogens with one attached hydrogen (secondary N) is 2. The minimum atomic E-state index is -0.487. The number of amides is 2. The van der Waals surface area contributed by atoms with Crippen molar-refractivity contribution in [2.24, 2.45) is 0 Å². The maximum absolute atomic E-state index is 12.7. The lowest BCUT2D eigenvalue weighted by Crippen LogP contribution is -2.38. The first kappa shape index (κ1) is 19.7. The second kappa shape index (κ2) is 8.47. The molecule has 2 N–H and O–H groups in total. The van der Waals surface area contributed by atoms with E-state index in [1.54, 1.807) is 18.2 Å². The molecule has 0 bridgehead atoms. The van der Waals surface area contributed by atoms with E-state index in [4.69, 9.17) is 13.9 Å². The van der Waals surface area contributed by atoms with Crippen LogP contribution in [-0.2, 0) is 4.79 Å². The Balaban J connectivity index is 1.30. The highest BCUT2D eigenvalue weighted by Crippen LogP contribution is 2.32. The average molecular weight is 428 g/mol. The van der Waals surface area contributed by atoms with Crippen molar-refractivity contribution in [3.63, 3.8) is 0 Å². The van der Waals surface area contributed by atoms with Crippen molar-refractivity contribution in [3.8, 4) is 11.5 Å². The molecule has 2 amide bonds. The van der Waals surface area contributed by atoms with E-state index in [-0.39, 0.29) is 25.2 Å². The third-order valence-electron chi connectivity index (χ3n) is 5.21. The van der Waals surface area contributed by atoms with E-state index in [2.05, 4.69) is 10.6 Å². The lowest BCUT2D eigenvalue weighted by Gasteiger charge is -2.17. The number of hydrogen-bond donors (Lipinski definition) is 2. The summed E-state index contributed by atoms with van der Waals surface area (Å²) in [6, 6.07) is 23.5. The molecule has 1 aromatic heterocycles. The number of carbonyl (C=O) groups is 2. The van der Waals surface area contributed by atoms with Crippen molar-refractivity contribution in [2.45, 2.75) is 6.04 Å². The Bertz CT molecular complexity index is 1250. The molecule has 1 unspecified atom stereocenters. The van der Waals surface area contributed by atoms with Crippen molar-refractivity contribution in [2.75, 3.05) is 13.3 Å². The lowest BCUT2D eigenvalue weighted by molar-refractivity contribution is -0.120. The highest BCUT2D eigenvalue weighted by atomic mass is 16.7. The van der Waals surface area contributed by atoms with E-state index >= 15 is 0 Å². The molecule has 1 atom stereocenters. The van der Waals surface area contributed by atoms with Crippen LogP contribution in [0.15, 0.2) is 83.3 Å². The number of fused-ring (bicyclic) bond motifs is 2. The van der Waals surface area contributed by atoms with Gasteiger partial charge in [-0.15, -0.1) is 0 Å². The SMILES string of the molecule is O=C(CNC(=O)c1ccc2c(c1)OCO2)NC(c1ccccc1)c1cc2ccccc2o1. The van der Waals surface area contributed by atoms with Crippen molar-refractivity contribution >= 4 is 22.8 Å². The molecule has 0 saturated heterocycles. The number of ether oxygens (including phenoxy) is 2. The van der Waals surface area contributed by atoms with Gasteiger partial charge in [0.15, 0.2) is 11.5 Å². The molecule has 2 heterocycles. The molecule has 0 radical (unpaired) electrons. The molecule has 0 fully saturated rings. The number of furan rings is 1. The van der Waals surface area contributed by atoms with Gasteiger partial charge in [-0.2, -0.15) is 0 Å². The van der Waals surface area contributed by atoms with Crippen LogP contribution in [0, 0.1) is 0 Å². The van der Waals surface area contributed by atoms with Gasteiger partial charge in [0.1, 0.15) is 17.4 Å². The van der Waals surface area contributed by atoms with Gasteiger partial charge < -0.3 is 24.5 Å². The fraction of sp³-hybridized carbons (Fsp3) is 0.120. The molecule has 7 nitrogen and oxygen atoms in total. The van der Waals surface area contributed by atoms with Crippen LogP contribution in [0.3, 0.4) is 0 Å². The molecule has 160 valence electrons. The molecule has 5 rings (SSSR count). The number of carbonyl (C=O) groups excluding carboxylic acids is 2. The molecule has 1 aliphatic heterocycles. The zero-order valence-corrected chi connectivity index (χ0v) is 17.0. The van der Waals surface area contributed by atoms with E-state index < -0.39 is 6.04 Å². The van der Waals surface area contributed by atoms with Crippen LogP contribution in [0.5, 0.6) is 11.5 Å². The molecule has 4 aromatic rings. The summed E-state index contributed by atoms with van der Waals surface area (Å²) in [6.07, 6.45) is 0. The van der Waals surface area contributed by atoms with Gasteiger partial charge in [0.05, 0.1) is 6.54 Å². The molecule has 0 aliphatic carbocycles. The molecular weight excluding hydrogens is 408 g/mol. The Morgan fingerprint density at radius 1 is 0.875 bits per heavy atom. The number of para-hydroxylation sites is 1. The topological polar surface area (TPSA) is 89.8 Å². The second-order valence-electron chi connectivity index (χ2n) is 7.35. The van der Waals surface area contributed by atoms with Gasteiger partial charge in [0.25, 0.3) is 5.91 Å². The van der Waals surface area contributed by atoms with Crippen molar-refractivity contribution in [1.29, 1.82) is 0 Å². The van der Waals surface area contributed by atoms with Gasteiger partial charge in [-0.1, -0.05) is 48.5 Å². The van der Waals surface area contributed by atoms with Crippen LogP contribution in [0.25, 0.3) is 11.0 Å². The Kier molecular flexibility index (Phi) is 5.21. The van der Waals surface area contributed by atoms with Crippen LogP contribution in [-0.4, -0.2) is 25.2 Å². The summed E-state index contributed by atoms with van der Waals surface area (Å²) in [7, 11) is 0. The summed E-state index contributed by atoms with van der Waals surface area (Å²) in [5.41, 5.74) is 2.01. The largest absolute Gasteiger partial charge is 0.459 e. The average Bonchev–Trinajstić information content (AvgIpc) is 3.47. The van der Waals surface area contributed by atoms with Crippen molar-refractivity contribution in [1.82, 2.24) is 10.6 Å². The second-order valence-corrected chi connectivity index (χ2v) is 7.35. The van der Waals surface area contributed by atoms with Crippen molar-refractivity contribution < 1.29 is 23.5 Å². The molecule has 1 aliphatic rings. The fourth-order valence-corrected chi connectivity index (χ4v) is 3.62. The van der Waals surface area contributed by atoms with E-state index in [0.717, 1.165) is 16.5 Å². The van der Waals surface area contributed by atoms with E-state index in [0.29, 0.717) is 22.8 Å². The minimum Gasteiger partial charge on any atom is -0.459 e. The minimum absolute atomic E-state index is 0.130. The fourth-order valence-electron chi connectivity index (χ4n) is 3.62. The highest BCUT2D eigenvalue weighted by Gasteiger charge is 2.22. The number of benzene rings is 3. The lowest BCUT2D eigenvalue weighted by atomic mass is 10.0. The van der Waals surface area contributed by atoms with E-state index in [1.165, 1.54) is 0 Å². The Morgan fingerprint density at radius 2 is 1.66 bits per heavy atom. The van der Waals surface area contributed by atoms with Crippen LogP contribution < -0.4 is 20.1 Å². The molecule has 32 heavy (non-hydrogen) atoms. The van der Waals surface area contributed by atoms with E-state index in [1.807, 2.05) is 60.7 Å². The smallest absolute Gasteiger partial charge is 0.251 e. The summed E-state index contributed by atoms with van der Waals surface area (Å²) in [4.78, 5) is 25.2. The van der Waals surface area contributed by atoms with Crippen LogP contribution in [0.1, 0.15) is 27.7 Å². The zero-order valence-electron chi connectivity index (χ0n) is 17.0. The quantitative estimate of drug-likeness (QED) is 0.488. The van der Waals surface area contributed by atoms with Gasteiger partial charge in [0, 0.05) is 10.9 Å². The Morgan fingerprint density at radius 3 is 2.50 bits per heavy atom. The van der Waals surface area contributed by atoms with Crippen LogP contribution in [0.4, 0.5) is 0 Å². The Labute approximate surface area is 183 Å². The summed E-state index contributed by atoms with van der Waals surface area (Å²) < 4.78 is 16.5. The van der Waals surface area contributed by atoms with E-state index in [9.17, 15) is 9.59 Å². The molecular formula is C25H20N2O5. The maximum atomic E-state index is 12.7. The summed E-state index contributed by atoms with van der Waals surface area (Å²) in [5, 5.41) is 6.57. The maximum Gasteiger partial charge on any atom is 0.251 e. The van der Waals surface area contributed by atoms with Gasteiger partial charge in [-0.05, 0) is 35.9 Å². The molecule has 3 aromatic carbocycles. The Hall–Kier alpha value is -4.26. The first-order valence-corrected chi connectivity index (χ1v) is 10.2. The van der Waals surface area contributed by atoms with Gasteiger partial charge >= 0.3 is 0 Å². The highest BCUT2D eigenvalue weighted by molar-refractivity contribution is 5.97. The van der Waals surface area contributed by atoms with Crippen LogP contribution >= 0.6 is 0 Å². The zero-order chi connectivity index (χ0) is 21.9. The standard InChI is InChI=1S/C25H20N2O5/c28-23(14-26-25(29)18-10-11-20-21(13-18)31-15-30-20)27-24(16-6-2-1-3-7-16)22-12-17-8-4-5-9-19(17)32-22/h1-13,24H,14-15H2,(H,26,29)(H,27,28). The summed E-state index contributed by atoms with van der Waals surface area (Å²) in [5.74, 6) is 1.01. The van der Waals surface area contributed by atoms with Gasteiger partial charge in [-0.3, -0.25) is 9.59 Å². The van der Waals surface area contributed by atoms with Gasteiger partial charge in [-0.25, -0.2) is 0 Å². The predicted octanol–water partition coefficient (Wildman–Crippen LogP) is 3.80. The third kappa shape index (κ3) is 4.00. The predicted molar refractivity (Wildman–Crippen MR) is 118 cm³/mol. The normalized spacial score (nSPS) is 13.0. The summed E-state index contributed by atoms with van der Waals surface area (Å²) in [6.45, 7) is -0.0533. The van der Waals surface area contributed by atoms with Gasteiger partial charge in [0.2, 0.25) is 12.7 Å². The molecule has 0 saturated carbocycles. The van der Waals surface area contributed by atoms with Crippen LogP contribution in [0.2, 0.25) is 0 Å². The third-order valence-corrected chi connectivity index (χ3v) is 5.21. The first-order chi connectivity index (χ1) is 15.7. The number of rotatable bonds is 6. The molecule has 7 heteroatoms. The monoisotopic (exact) mass is 428 g/mol.